The number of benzene rings is 1. The fourth-order valence-corrected chi connectivity index (χ4v) is 2.48. The van der Waals surface area contributed by atoms with Crippen LogP contribution in [0.5, 0.6) is 0 Å². The van der Waals surface area contributed by atoms with Crippen molar-refractivity contribution in [1.82, 2.24) is 4.72 Å². The average Bonchev–Trinajstić information content (AvgIpc) is 2.22. The lowest BCUT2D eigenvalue weighted by atomic mass is 10.2. The maximum atomic E-state index is 13.2. The van der Waals surface area contributed by atoms with E-state index in [4.69, 9.17) is 5.73 Å². The van der Waals surface area contributed by atoms with Crippen molar-refractivity contribution in [2.24, 2.45) is 0 Å². The minimum absolute atomic E-state index is 0.00352. The summed E-state index contributed by atoms with van der Waals surface area (Å²) >= 11 is 0. The first kappa shape index (κ1) is 15.7. The second kappa shape index (κ2) is 5.33. The number of alkyl halides is 3. The smallest absolute Gasteiger partial charge is 0.390 e. The van der Waals surface area contributed by atoms with Gasteiger partial charge in [-0.3, -0.25) is 0 Å². The summed E-state index contributed by atoms with van der Waals surface area (Å²) < 4.78 is 74.1. The fourth-order valence-electron chi connectivity index (χ4n) is 1.33. The summed E-state index contributed by atoms with van der Waals surface area (Å²) in [7, 11) is -4.14. The normalized spacial score (nSPS) is 12.7. The first-order valence-electron chi connectivity index (χ1n) is 5.15. The van der Waals surface area contributed by atoms with Crippen molar-refractivity contribution >= 4 is 15.7 Å². The second-order valence-corrected chi connectivity index (χ2v) is 5.67. The number of nitrogens with two attached hydrogens (primary N) is 1. The molecule has 0 saturated carbocycles. The lowest BCUT2D eigenvalue weighted by molar-refractivity contribution is -0.132. The van der Waals surface area contributed by atoms with Gasteiger partial charge in [-0.15, -0.1) is 0 Å². The molecule has 0 aliphatic carbocycles. The van der Waals surface area contributed by atoms with Crippen molar-refractivity contribution < 1.29 is 26.0 Å². The highest BCUT2D eigenvalue weighted by molar-refractivity contribution is 7.89. The van der Waals surface area contributed by atoms with Gasteiger partial charge in [0.1, 0.15) is 5.82 Å². The number of anilines is 1. The van der Waals surface area contributed by atoms with Gasteiger partial charge in [-0.05, 0) is 24.6 Å². The number of aryl methyl sites for hydroxylation is 1. The fraction of sp³-hybridized carbons (Fsp3) is 0.400. The van der Waals surface area contributed by atoms with Crippen LogP contribution in [0.1, 0.15) is 12.0 Å². The zero-order chi connectivity index (χ0) is 14.8. The van der Waals surface area contributed by atoms with Gasteiger partial charge in [0.05, 0.1) is 17.0 Å². The second-order valence-electron chi connectivity index (χ2n) is 3.91. The van der Waals surface area contributed by atoms with E-state index in [-0.39, 0.29) is 16.1 Å². The van der Waals surface area contributed by atoms with E-state index >= 15 is 0 Å². The molecule has 0 aliphatic heterocycles. The molecule has 0 heterocycles. The van der Waals surface area contributed by atoms with Crippen LogP contribution in [0.2, 0.25) is 0 Å². The Morgan fingerprint density at radius 3 is 2.37 bits per heavy atom. The van der Waals surface area contributed by atoms with Crippen LogP contribution in [0.15, 0.2) is 17.0 Å². The van der Waals surface area contributed by atoms with Crippen LogP contribution >= 0.6 is 0 Å². The standard InChI is InChI=1S/C10H12F4N2O2S/c1-6-4-7(5-8(15)9(6)11)19(17,18)16-3-2-10(12,13)14/h4-5,16H,2-3,15H2,1H3. The Morgan fingerprint density at radius 2 is 1.89 bits per heavy atom. The third-order valence-electron chi connectivity index (χ3n) is 2.27. The predicted octanol–water partition coefficient (Wildman–Crippen LogP) is 1.95. The van der Waals surface area contributed by atoms with Crippen LogP contribution in [0.25, 0.3) is 0 Å². The minimum Gasteiger partial charge on any atom is -0.396 e. The van der Waals surface area contributed by atoms with Gasteiger partial charge in [-0.2, -0.15) is 13.2 Å². The minimum atomic E-state index is -4.46. The van der Waals surface area contributed by atoms with E-state index in [1.165, 1.54) is 6.92 Å². The Hall–Kier alpha value is -1.35. The molecule has 0 saturated heterocycles. The van der Waals surface area contributed by atoms with Crippen LogP contribution in [0.4, 0.5) is 23.2 Å². The summed E-state index contributed by atoms with van der Waals surface area (Å²) in [6.45, 7) is 0.516. The molecule has 0 spiro atoms. The molecule has 1 aromatic carbocycles. The number of rotatable bonds is 4. The van der Waals surface area contributed by atoms with Crippen molar-refractivity contribution in [3.05, 3.63) is 23.5 Å². The molecule has 0 atom stereocenters. The Balaban J connectivity index is 2.90. The van der Waals surface area contributed by atoms with E-state index in [1.807, 2.05) is 0 Å². The summed E-state index contributed by atoms with van der Waals surface area (Å²) in [6, 6.07) is 1.86. The van der Waals surface area contributed by atoms with Gasteiger partial charge in [0.25, 0.3) is 0 Å². The number of nitrogen functional groups attached to an aromatic ring is 1. The lowest BCUT2D eigenvalue weighted by Crippen LogP contribution is -2.28. The van der Waals surface area contributed by atoms with Crippen molar-refractivity contribution in [1.29, 1.82) is 0 Å². The third-order valence-corrected chi connectivity index (χ3v) is 3.71. The van der Waals surface area contributed by atoms with Gasteiger partial charge in [-0.1, -0.05) is 0 Å². The van der Waals surface area contributed by atoms with E-state index in [0.29, 0.717) is 0 Å². The van der Waals surface area contributed by atoms with E-state index in [2.05, 4.69) is 0 Å². The first-order chi connectivity index (χ1) is 8.53. The largest absolute Gasteiger partial charge is 0.396 e. The zero-order valence-electron chi connectivity index (χ0n) is 9.88. The summed E-state index contributed by atoms with van der Waals surface area (Å²) in [6.07, 6.45) is -5.75. The number of halogens is 4. The van der Waals surface area contributed by atoms with Crippen LogP contribution < -0.4 is 10.5 Å². The molecule has 108 valence electrons. The molecule has 19 heavy (non-hydrogen) atoms. The average molecular weight is 300 g/mol. The summed E-state index contributed by atoms with van der Waals surface area (Å²) in [4.78, 5) is -0.369. The SMILES string of the molecule is Cc1cc(S(=O)(=O)NCCC(F)(F)F)cc(N)c1F. The molecule has 0 aromatic heterocycles. The molecule has 1 aromatic rings. The van der Waals surface area contributed by atoms with Crippen molar-refractivity contribution in [3.8, 4) is 0 Å². The quantitative estimate of drug-likeness (QED) is 0.659. The van der Waals surface area contributed by atoms with Crippen molar-refractivity contribution in [3.63, 3.8) is 0 Å². The summed E-state index contributed by atoms with van der Waals surface area (Å²) in [5, 5.41) is 0. The molecule has 0 unspecified atom stereocenters. The molecule has 0 fully saturated rings. The number of nitrogens with one attached hydrogen (secondary N) is 1. The van der Waals surface area contributed by atoms with Crippen LogP contribution in [-0.2, 0) is 10.0 Å². The van der Waals surface area contributed by atoms with Gasteiger partial charge < -0.3 is 5.73 Å². The zero-order valence-corrected chi connectivity index (χ0v) is 10.7. The molecular formula is C10H12F4N2O2S. The Labute approximate surface area is 107 Å². The Kier molecular flexibility index (Phi) is 4.41. The molecule has 1 rings (SSSR count). The summed E-state index contributed by atoms with van der Waals surface area (Å²) in [5.74, 6) is -0.755. The van der Waals surface area contributed by atoms with Gasteiger partial charge >= 0.3 is 6.18 Å². The highest BCUT2D eigenvalue weighted by Crippen LogP contribution is 2.22. The molecule has 0 amide bonds. The number of sulfonamides is 1. The molecule has 0 aliphatic rings. The van der Waals surface area contributed by atoms with Gasteiger partial charge in [0, 0.05) is 6.54 Å². The number of hydrogen-bond donors (Lipinski definition) is 2. The molecule has 3 N–H and O–H groups in total. The van der Waals surface area contributed by atoms with Gasteiger partial charge in [0.2, 0.25) is 10.0 Å². The summed E-state index contributed by atoms with van der Waals surface area (Å²) in [5.41, 5.74) is 4.89. The third kappa shape index (κ3) is 4.35. The van der Waals surface area contributed by atoms with E-state index in [9.17, 15) is 26.0 Å². The maximum Gasteiger partial charge on any atom is 0.390 e. The Bertz CT molecular complexity index is 546. The lowest BCUT2D eigenvalue weighted by Gasteiger charge is -2.10. The molecule has 0 radical (unpaired) electrons. The van der Waals surface area contributed by atoms with Gasteiger partial charge in [0.15, 0.2) is 0 Å². The first-order valence-corrected chi connectivity index (χ1v) is 6.63. The van der Waals surface area contributed by atoms with E-state index in [0.717, 1.165) is 12.1 Å². The van der Waals surface area contributed by atoms with E-state index < -0.39 is 35.0 Å². The molecule has 0 bridgehead atoms. The van der Waals surface area contributed by atoms with Crippen molar-refractivity contribution in [2.75, 3.05) is 12.3 Å². The molecule has 9 heteroatoms. The van der Waals surface area contributed by atoms with Crippen LogP contribution in [0, 0.1) is 12.7 Å². The molecular weight excluding hydrogens is 288 g/mol. The van der Waals surface area contributed by atoms with Crippen molar-refractivity contribution in [2.45, 2.75) is 24.4 Å². The van der Waals surface area contributed by atoms with E-state index in [1.54, 1.807) is 4.72 Å². The Morgan fingerprint density at radius 1 is 1.32 bits per heavy atom. The molecule has 4 nitrogen and oxygen atoms in total. The topological polar surface area (TPSA) is 72.2 Å². The highest BCUT2D eigenvalue weighted by Gasteiger charge is 2.27. The monoisotopic (exact) mass is 300 g/mol. The van der Waals surface area contributed by atoms with Gasteiger partial charge in [-0.25, -0.2) is 17.5 Å². The van der Waals surface area contributed by atoms with Crippen LogP contribution in [0.3, 0.4) is 0 Å². The highest BCUT2D eigenvalue weighted by atomic mass is 32.2. The maximum absolute atomic E-state index is 13.2. The number of hydrogen-bond acceptors (Lipinski definition) is 3. The van der Waals surface area contributed by atoms with Crippen LogP contribution in [-0.4, -0.2) is 21.1 Å². The predicted molar refractivity (Wildman–Crippen MR) is 61.4 cm³/mol.